The lowest BCUT2D eigenvalue weighted by molar-refractivity contribution is 0.0995. The average molecular weight is 367 g/mol. The van der Waals surface area contributed by atoms with Gasteiger partial charge in [-0.15, -0.1) is 0 Å². The molecular formula is C20H18N2OS2. The number of aromatic nitrogens is 1. The molecule has 5 heteroatoms. The Labute approximate surface area is 155 Å². The minimum absolute atomic E-state index is 0.155. The van der Waals surface area contributed by atoms with E-state index < -0.39 is 0 Å². The van der Waals surface area contributed by atoms with Crippen LogP contribution >= 0.6 is 23.5 Å². The van der Waals surface area contributed by atoms with Crippen LogP contribution < -0.4 is 0 Å². The maximum Gasteiger partial charge on any atom is 0.178 e. The first-order valence-electron chi connectivity index (χ1n) is 8.21. The van der Waals surface area contributed by atoms with Crippen molar-refractivity contribution in [3.05, 3.63) is 65.4 Å². The van der Waals surface area contributed by atoms with Crippen LogP contribution in [0.4, 0.5) is 5.69 Å². The van der Waals surface area contributed by atoms with Gasteiger partial charge in [-0.05, 0) is 31.5 Å². The van der Waals surface area contributed by atoms with Crippen LogP contribution in [0, 0.1) is 6.92 Å². The SMILES string of the molecule is Cc1[nH]c2ccccc2c1C(=O)[C@H](C)SC1=Nc2ccccc2CS1. The fraction of sp³-hybridized carbons (Fsp3) is 0.200. The summed E-state index contributed by atoms with van der Waals surface area (Å²) in [5, 5.41) is 0.829. The Morgan fingerprint density at radius 2 is 1.96 bits per heavy atom. The van der Waals surface area contributed by atoms with Gasteiger partial charge in [0.05, 0.1) is 10.9 Å². The first-order chi connectivity index (χ1) is 12.1. The van der Waals surface area contributed by atoms with Gasteiger partial charge in [-0.3, -0.25) is 4.79 Å². The molecule has 2 heterocycles. The number of aryl methyl sites for hydroxylation is 1. The standard InChI is InChI=1S/C20H18N2OS2/c1-12-18(15-8-4-6-10-17(15)21-12)19(23)13(2)25-20-22-16-9-5-3-7-14(16)11-24-20/h3-10,13,21H,11H2,1-2H3/t13-/m0/s1. The van der Waals surface area contributed by atoms with Crippen LogP contribution in [0.2, 0.25) is 0 Å². The van der Waals surface area contributed by atoms with Crippen molar-refractivity contribution in [3.63, 3.8) is 0 Å². The number of carbonyl (C=O) groups is 1. The highest BCUT2D eigenvalue weighted by Gasteiger charge is 2.24. The van der Waals surface area contributed by atoms with E-state index in [-0.39, 0.29) is 11.0 Å². The molecule has 0 amide bonds. The Kier molecular flexibility index (Phi) is 4.44. The van der Waals surface area contributed by atoms with E-state index >= 15 is 0 Å². The molecule has 3 nitrogen and oxygen atoms in total. The Morgan fingerprint density at radius 3 is 2.84 bits per heavy atom. The summed E-state index contributed by atoms with van der Waals surface area (Å²) in [6.07, 6.45) is 0. The number of carbonyl (C=O) groups excluding carboxylic acids is 1. The maximum atomic E-state index is 13.1. The molecule has 0 aliphatic carbocycles. The van der Waals surface area contributed by atoms with E-state index in [2.05, 4.69) is 11.1 Å². The number of hydrogen-bond donors (Lipinski definition) is 1. The van der Waals surface area contributed by atoms with Crippen molar-refractivity contribution in [3.8, 4) is 0 Å². The predicted molar refractivity (Wildman–Crippen MR) is 109 cm³/mol. The van der Waals surface area contributed by atoms with Gasteiger partial charge in [-0.2, -0.15) is 0 Å². The lowest BCUT2D eigenvalue weighted by atomic mass is 10.1. The molecule has 0 spiro atoms. The number of Topliss-reactive ketones (excluding diaryl/α,β-unsaturated/α-hetero) is 1. The van der Waals surface area contributed by atoms with Gasteiger partial charge in [-0.25, -0.2) is 4.99 Å². The van der Waals surface area contributed by atoms with Crippen LogP contribution in [0.15, 0.2) is 53.5 Å². The van der Waals surface area contributed by atoms with Crippen LogP contribution in [-0.2, 0) is 5.75 Å². The van der Waals surface area contributed by atoms with Crippen LogP contribution in [0.25, 0.3) is 10.9 Å². The zero-order chi connectivity index (χ0) is 17.4. The van der Waals surface area contributed by atoms with Crippen molar-refractivity contribution in [2.24, 2.45) is 4.99 Å². The number of aromatic amines is 1. The molecule has 0 unspecified atom stereocenters. The molecule has 1 aliphatic heterocycles. The van der Waals surface area contributed by atoms with Crippen LogP contribution in [0.5, 0.6) is 0 Å². The van der Waals surface area contributed by atoms with Crippen molar-refractivity contribution >= 4 is 50.3 Å². The lowest BCUT2D eigenvalue weighted by Gasteiger charge is -2.17. The van der Waals surface area contributed by atoms with Gasteiger partial charge < -0.3 is 4.98 Å². The van der Waals surface area contributed by atoms with Crippen LogP contribution in [0.3, 0.4) is 0 Å². The number of hydrogen-bond acceptors (Lipinski definition) is 4. The van der Waals surface area contributed by atoms with E-state index in [0.717, 1.165) is 38.0 Å². The highest BCUT2D eigenvalue weighted by Crippen LogP contribution is 2.37. The van der Waals surface area contributed by atoms with Gasteiger partial charge in [0, 0.05) is 27.9 Å². The van der Waals surface area contributed by atoms with Crippen molar-refractivity contribution in [2.75, 3.05) is 0 Å². The van der Waals surface area contributed by atoms with Crippen LogP contribution in [0.1, 0.15) is 28.5 Å². The number of H-pyrrole nitrogens is 1. The smallest absolute Gasteiger partial charge is 0.178 e. The van der Waals surface area contributed by atoms with E-state index in [1.807, 2.05) is 56.3 Å². The molecule has 3 aromatic rings. The molecule has 126 valence electrons. The Balaban J connectivity index is 1.59. The number of para-hydroxylation sites is 2. The lowest BCUT2D eigenvalue weighted by Crippen LogP contribution is -2.16. The number of nitrogens with zero attached hydrogens (tertiary/aromatic N) is 1. The number of nitrogens with one attached hydrogen (secondary N) is 1. The molecule has 0 bridgehead atoms. The highest BCUT2D eigenvalue weighted by molar-refractivity contribution is 8.39. The topological polar surface area (TPSA) is 45.2 Å². The summed E-state index contributed by atoms with van der Waals surface area (Å²) in [5.74, 6) is 1.07. The van der Waals surface area contributed by atoms with Crippen molar-refractivity contribution < 1.29 is 4.79 Å². The second-order valence-electron chi connectivity index (χ2n) is 6.09. The highest BCUT2D eigenvalue weighted by atomic mass is 32.2. The predicted octanol–water partition coefficient (Wildman–Crippen LogP) is 5.72. The molecule has 2 aromatic carbocycles. The molecule has 0 saturated heterocycles. The third-order valence-corrected chi connectivity index (χ3v) is 6.64. The number of fused-ring (bicyclic) bond motifs is 2. The monoisotopic (exact) mass is 366 g/mol. The fourth-order valence-electron chi connectivity index (χ4n) is 3.07. The summed E-state index contributed by atoms with van der Waals surface area (Å²) in [5.41, 5.74) is 5.02. The molecule has 25 heavy (non-hydrogen) atoms. The Hall–Kier alpha value is -1.98. The van der Waals surface area contributed by atoms with Crippen molar-refractivity contribution in [2.45, 2.75) is 24.9 Å². The average Bonchev–Trinajstić information content (AvgIpc) is 2.96. The van der Waals surface area contributed by atoms with Crippen molar-refractivity contribution in [1.82, 2.24) is 4.98 Å². The van der Waals surface area contributed by atoms with E-state index in [1.54, 1.807) is 23.5 Å². The minimum Gasteiger partial charge on any atom is -0.358 e. The summed E-state index contributed by atoms with van der Waals surface area (Å²) >= 11 is 3.27. The molecule has 0 radical (unpaired) electrons. The van der Waals surface area contributed by atoms with Gasteiger partial charge in [0.2, 0.25) is 0 Å². The number of ketones is 1. The summed E-state index contributed by atoms with van der Waals surface area (Å²) in [4.78, 5) is 21.1. The van der Waals surface area contributed by atoms with Gasteiger partial charge in [0.15, 0.2) is 5.78 Å². The molecule has 0 fully saturated rings. The first kappa shape index (κ1) is 16.5. The minimum atomic E-state index is -0.172. The zero-order valence-electron chi connectivity index (χ0n) is 14.1. The second kappa shape index (κ2) is 6.73. The largest absolute Gasteiger partial charge is 0.358 e. The van der Waals surface area contributed by atoms with Gasteiger partial charge in [0.1, 0.15) is 4.38 Å². The van der Waals surface area contributed by atoms with Gasteiger partial charge in [-0.1, -0.05) is 59.9 Å². The number of benzene rings is 2. The summed E-state index contributed by atoms with van der Waals surface area (Å²) in [7, 11) is 0. The Morgan fingerprint density at radius 1 is 1.20 bits per heavy atom. The normalized spacial score (nSPS) is 14.9. The number of thioether (sulfide) groups is 2. The fourth-order valence-corrected chi connectivity index (χ4v) is 5.32. The maximum absolute atomic E-state index is 13.1. The zero-order valence-corrected chi connectivity index (χ0v) is 15.7. The Bertz CT molecular complexity index is 990. The van der Waals surface area contributed by atoms with Gasteiger partial charge >= 0.3 is 0 Å². The molecule has 4 rings (SSSR count). The first-order valence-corrected chi connectivity index (χ1v) is 10.1. The van der Waals surface area contributed by atoms with E-state index in [4.69, 9.17) is 4.99 Å². The number of rotatable bonds is 3. The molecular weight excluding hydrogens is 348 g/mol. The summed E-state index contributed by atoms with van der Waals surface area (Å²) < 4.78 is 0.969. The van der Waals surface area contributed by atoms with E-state index in [9.17, 15) is 4.79 Å². The molecule has 0 saturated carbocycles. The van der Waals surface area contributed by atoms with Crippen LogP contribution in [-0.4, -0.2) is 20.4 Å². The van der Waals surface area contributed by atoms with E-state index in [0.29, 0.717) is 0 Å². The summed E-state index contributed by atoms with van der Waals surface area (Å²) in [6, 6.07) is 16.2. The van der Waals surface area contributed by atoms with Crippen molar-refractivity contribution in [1.29, 1.82) is 0 Å². The third kappa shape index (κ3) is 3.14. The third-order valence-electron chi connectivity index (χ3n) is 4.34. The van der Waals surface area contributed by atoms with Gasteiger partial charge in [0.25, 0.3) is 0 Å². The quantitative estimate of drug-likeness (QED) is 0.603. The second-order valence-corrected chi connectivity index (χ2v) is 8.64. The molecule has 1 aromatic heterocycles. The number of aliphatic imine (C=N–C) groups is 1. The summed E-state index contributed by atoms with van der Waals surface area (Å²) in [6.45, 7) is 3.94. The van der Waals surface area contributed by atoms with E-state index in [1.165, 1.54) is 5.56 Å². The molecule has 1 atom stereocenters. The molecule has 1 aliphatic rings. The molecule has 1 N–H and O–H groups in total.